The van der Waals surface area contributed by atoms with Crippen LogP contribution < -0.4 is 5.76 Å². The van der Waals surface area contributed by atoms with Gasteiger partial charge in [-0.1, -0.05) is 24.3 Å². The number of aliphatic hydroxyl groups excluding tert-OH is 1. The van der Waals surface area contributed by atoms with Crippen molar-refractivity contribution in [2.75, 3.05) is 0 Å². The van der Waals surface area contributed by atoms with Gasteiger partial charge in [0.05, 0.1) is 23.6 Å². The van der Waals surface area contributed by atoms with Crippen LogP contribution in [0.3, 0.4) is 0 Å². The number of oxazole rings is 1. The predicted octanol–water partition coefficient (Wildman–Crippen LogP) is 2.04. The lowest BCUT2D eigenvalue weighted by atomic mass is 10.1. The van der Waals surface area contributed by atoms with Gasteiger partial charge in [-0.3, -0.25) is 14.7 Å². The number of fused-ring (bicyclic) bond motifs is 1. The third kappa shape index (κ3) is 2.49. The Morgan fingerprint density at radius 3 is 2.45 bits per heavy atom. The monoisotopic (exact) mass is 300 g/mol. The standard InChI is InChI=1S/C15H12N2O5/c18-9-11-3-1-10(2-4-11)8-16-13-7-12(17(20)21)5-6-14(13)22-15(16)19/h1-7,18H,8-9H2. The first-order chi connectivity index (χ1) is 10.6. The van der Waals surface area contributed by atoms with Gasteiger partial charge in [0.15, 0.2) is 5.58 Å². The Hall–Kier alpha value is -2.93. The lowest BCUT2D eigenvalue weighted by Gasteiger charge is -2.04. The van der Waals surface area contributed by atoms with Gasteiger partial charge in [-0.15, -0.1) is 0 Å². The van der Waals surface area contributed by atoms with Crippen LogP contribution in [0.15, 0.2) is 51.7 Å². The summed E-state index contributed by atoms with van der Waals surface area (Å²) in [6.45, 7) is 0.180. The van der Waals surface area contributed by atoms with Crippen molar-refractivity contribution < 1.29 is 14.4 Å². The molecule has 1 N–H and O–H groups in total. The van der Waals surface area contributed by atoms with Crippen molar-refractivity contribution in [3.63, 3.8) is 0 Å². The van der Waals surface area contributed by atoms with Crippen molar-refractivity contribution in [3.05, 3.63) is 74.3 Å². The van der Waals surface area contributed by atoms with Gasteiger partial charge in [0.25, 0.3) is 5.69 Å². The van der Waals surface area contributed by atoms with E-state index in [0.29, 0.717) is 11.1 Å². The highest BCUT2D eigenvalue weighted by atomic mass is 16.6. The second-order valence-corrected chi connectivity index (χ2v) is 4.84. The van der Waals surface area contributed by atoms with E-state index in [1.165, 1.54) is 22.8 Å². The minimum Gasteiger partial charge on any atom is -0.408 e. The van der Waals surface area contributed by atoms with Crippen molar-refractivity contribution in [2.45, 2.75) is 13.2 Å². The van der Waals surface area contributed by atoms with Gasteiger partial charge in [0.1, 0.15) is 0 Å². The first-order valence-electron chi connectivity index (χ1n) is 6.55. The molecule has 0 amide bonds. The van der Waals surface area contributed by atoms with E-state index in [2.05, 4.69) is 0 Å². The third-order valence-electron chi connectivity index (χ3n) is 3.41. The Bertz CT molecular complexity index is 892. The maximum atomic E-state index is 11.9. The molecule has 3 rings (SSSR count). The second kappa shape index (κ2) is 5.45. The molecule has 1 aromatic heterocycles. The van der Waals surface area contributed by atoms with Crippen LogP contribution in [-0.2, 0) is 13.2 Å². The summed E-state index contributed by atoms with van der Waals surface area (Å²) >= 11 is 0. The lowest BCUT2D eigenvalue weighted by molar-refractivity contribution is -0.384. The number of nitrogens with zero attached hydrogens (tertiary/aromatic N) is 2. The van der Waals surface area contributed by atoms with Gasteiger partial charge >= 0.3 is 5.76 Å². The lowest BCUT2D eigenvalue weighted by Crippen LogP contribution is -2.14. The maximum absolute atomic E-state index is 11.9. The fourth-order valence-corrected chi connectivity index (χ4v) is 2.25. The van der Waals surface area contributed by atoms with Crippen LogP contribution in [0.4, 0.5) is 5.69 Å². The van der Waals surface area contributed by atoms with Crippen LogP contribution in [-0.4, -0.2) is 14.6 Å². The van der Waals surface area contributed by atoms with E-state index in [4.69, 9.17) is 9.52 Å². The molecule has 3 aromatic rings. The van der Waals surface area contributed by atoms with Gasteiger partial charge in [-0.2, -0.15) is 0 Å². The highest BCUT2D eigenvalue weighted by Gasteiger charge is 2.14. The number of aromatic nitrogens is 1. The van der Waals surface area contributed by atoms with Crippen molar-refractivity contribution >= 4 is 16.8 Å². The van der Waals surface area contributed by atoms with E-state index in [1.54, 1.807) is 24.3 Å². The minimum absolute atomic E-state index is 0.0545. The first kappa shape index (κ1) is 14.0. The molecular formula is C15H12N2O5. The van der Waals surface area contributed by atoms with E-state index in [1.807, 2.05) is 0 Å². The Morgan fingerprint density at radius 2 is 1.82 bits per heavy atom. The summed E-state index contributed by atoms with van der Waals surface area (Å²) in [5.74, 6) is -0.568. The zero-order chi connectivity index (χ0) is 15.7. The number of nitro benzene ring substituents is 1. The fourth-order valence-electron chi connectivity index (χ4n) is 2.25. The molecule has 0 atom stereocenters. The average molecular weight is 300 g/mol. The van der Waals surface area contributed by atoms with Crippen LogP contribution >= 0.6 is 0 Å². The summed E-state index contributed by atoms with van der Waals surface area (Å²) in [5.41, 5.74) is 2.18. The summed E-state index contributed by atoms with van der Waals surface area (Å²) in [5, 5.41) is 19.9. The van der Waals surface area contributed by atoms with Gasteiger partial charge in [0, 0.05) is 12.1 Å². The normalized spacial score (nSPS) is 11.0. The minimum atomic E-state index is -0.568. The van der Waals surface area contributed by atoms with Crippen LogP contribution in [0.1, 0.15) is 11.1 Å². The van der Waals surface area contributed by atoms with Crippen LogP contribution in [0.2, 0.25) is 0 Å². The second-order valence-electron chi connectivity index (χ2n) is 4.84. The number of aliphatic hydroxyl groups is 1. The van der Waals surface area contributed by atoms with Crippen molar-refractivity contribution in [3.8, 4) is 0 Å². The van der Waals surface area contributed by atoms with Crippen molar-refractivity contribution in [2.24, 2.45) is 0 Å². The quantitative estimate of drug-likeness (QED) is 0.587. The smallest absolute Gasteiger partial charge is 0.408 e. The molecule has 0 radical (unpaired) electrons. The number of nitro groups is 1. The summed E-state index contributed by atoms with van der Waals surface area (Å²) in [7, 11) is 0. The summed E-state index contributed by atoms with van der Waals surface area (Å²) in [4.78, 5) is 22.3. The van der Waals surface area contributed by atoms with E-state index in [-0.39, 0.29) is 18.8 Å². The largest absolute Gasteiger partial charge is 0.420 e. The van der Waals surface area contributed by atoms with E-state index < -0.39 is 10.7 Å². The molecule has 0 fully saturated rings. The summed E-state index contributed by atoms with van der Waals surface area (Å²) in [6, 6.07) is 11.1. The molecule has 0 bridgehead atoms. The Labute approximate surface area is 124 Å². The molecule has 0 saturated heterocycles. The van der Waals surface area contributed by atoms with E-state index in [9.17, 15) is 14.9 Å². The molecular weight excluding hydrogens is 288 g/mol. The number of benzene rings is 2. The molecule has 112 valence electrons. The molecule has 0 aliphatic heterocycles. The van der Waals surface area contributed by atoms with E-state index >= 15 is 0 Å². The molecule has 2 aromatic carbocycles. The first-order valence-corrected chi connectivity index (χ1v) is 6.55. The molecule has 22 heavy (non-hydrogen) atoms. The SMILES string of the molecule is O=c1oc2ccc([N+](=O)[O-])cc2n1Cc1ccc(CO)cc1. The number of rotatable bonds is 4. The number of non-ortho nitro benzene ring substituents is 1. The van der Waals surface area contributed by atoms with Gasteiger partial charge < -0.3 is 9.52 Å². The van der Waals surface area contributed by atoms with Crippen LogP contribution in [0.25, 0.3) is 11.1 Å². The van der Waals surface area contributed by atoms with Crippen molar-refractivity contribution in [1.82, 2.24) is 4.57 Å². The molecule has 0 aliphatic rings. The molecule has 0 aliphatic carbocycles. The van der Waals surface area contributed by atoms with Gasteiger partial charge in [-0.05, 0) is 17.2 Å². The Balaban J connectivity index is 2.04. The highest BCUT2D eigenvalue weighted by molar-refractivity contribution is 5.76. The molecule has 7 heteroatoms. The van der Waals surface area contributed by atoms with Crippen LogP contribution in [0.5, 0.6) is 0 Å². The molecule has 7 nitrogen and oxygen atoms in total. The molecule has 0 unspecified atom stereocenters. The molecule has 1 heterocycles. The number of hydrogen-bond donors (Lipinski definition) is 1. The van der Waals surface area contributed by atoms with E-state index in [0.717, 1.165) is 11.1 Å². The maximum Gasteiger partial charge on any atom is 0.420 e. The topological polar surface area (TPSA) is 98.5 Å². The average Bonchev–Trinajstić information content (AvgIpc) is 2.83. The molecule has 0 saturated carbocycles. The van der Waals surface area contributed by atoms with Crippen molar-refractivity contribution in [1.29, 1.82) is 0 Å². The summed E-state index contributed by atoms with van der Waals surface area (Å²) < 4.78 is 6.44. The Kier molecular flexibility index (Phi) is 3.48. The predicted molar refractivity (Wildman–Crippen MR) is 78.6 cm³/mol. The third-order valence-corrected chi connectivity index (χ3v) is 3.41. The summed E-state index contributed by atoms with van der Waals surface area (Å²) in [6.07, 6.45) is 0. The Morgan fingerprint density at radius 1 is 1.14 bits per heavy atom. The van der Waals surface area contributed by atoms with Crippen LogP contribution in [0, 0.1) is 10.1 Å². The zero-order valence-electron chi connectivity index (χ0n) is 11.4. The highest BCUT2D eigenvalue weighted by Crippen LogP contribution is 2.21. The molecule has 0 spiro atoms. The fraction of sp³-hybridized carbons (Fsp3) is 0.133. The zero-order valence-corrected chi connectivity index (χ0v) is 11.4. The number of hydrogen-bond acceptors (Lipinski definition) is 5. The van der Waals surface area contributed by atoms with Gasteiger partial charge in [-0.25, -0.2) is 4.79 Å². The van der Waals surface area contributed by atoms with Gasteiger partial charge in [0.2, 0.25) is 0 Å².